The summed E-state index contributed by atoms with van der Waals surface area (Å²) in [6.07, 6.45) is 26.5. The fourth-order valence-corrected chi connectivity index (χ4v) is 3.94. The highest BCUT2D eigenvalue weighted by Gasteiger charge is 1.99. The fraction of sp³-hybridized carbons (Fsp3) is 0.769. The summed E-state index contributed by atoms with van der Waals surface area (Å²) in [5.74, 6) is 0.462. The van der Waals surface area contributed by atoms with Gasteiger partial charge in [-0.15, -0.1) is 0 Å². The lowest BCUT2D eigenvalue weighted by Crippen LogP contribution is -1.87. The molecule has 0 unspecified atom stereocenters. The second kappa shape index (κ2) is 23.8. The van der Waals surface area contributed by atoms with E-state index in [-0.39, 0.29) is 0 Å². The van der Waals surface area contributed by atoms with E-state index < -0.39 is 8.25 Å². The van der Waals surface area contributed by atoms with Crippen LogP contribution < -0.4 is 0 Å². The molecule has 0 heterocycles. The van der Waals surface area contributed by atoms with Crippen LogP contribution in [0.15, 0.2) is 24.3 Å². The normalized spacial score (nSPS) is 10.8. The largest absolute Gasteiger partial charge is 0.508 e. The maximum absolute atomic E-state index is 9.75. The van der Waals surface area contributed by atoms with Gasteiger partial charge in [0.05, 0.1) is 0 Å². The van der Waals surface area contributed by atoms with Crippen molar-refractivity contribution in [2.24, 2.45) is 0 Å². The maximum atomic E-state index is 9.75. The predicted molar refractivity (Wildman–Crippen MR) is 134 cm³/mol. The number of hydrogen-bond acceptors (Lipinski definition) is 2. The summed E-state index contributed by atoms with van der Waals surface area (Å²) in [5.41, 5.74) is 1.11. The van der Waals surface area contributed by atoms with Gasteiger partial charge in [-0.25, -0.2) is 0 Å². The van der Waals surface area contributed by atoms with Crippen LogP contribution in [0.3, 0.4) is 0 Å². The molecule has 1 rings (SSSR count). The number of aromatic hydroxyl groups is 1. The van der Waals surface area contributed by atoms with E-state index in [1.165, 1.54) is 116 Å². The van der Waals surface area contributed by atoms with E-state index >= 15 is 0 Å². The summed E-state index contributed by atoms with van der Waals surface area (Å²) in [4.78, 5) is 14.3. The fourth-order valence-electron chi connectivity index (χ4n) is 3.94. The SMILES string of the molecule is CCCCCCCCCCCCCCCCCCCCc1ccccc1O.O=[PH](O)O. The first-order valence-electron chi connectivity index (χ1n) is 12.8. The first-order valence-corrected chi connectivity index (χ1v) is 14.1. The Balaban J connectivity index is 0.00000206. The van der Waals surface area contributed by atoms with Gasteiger partial charge < -0.3 is 14.9 Å². The molecule has 0 saturated heterocycles. The molecule has 0 amide bonds. The molecule has 4 nitrogen and oxygen atoms in total. The smallest absolute Gasteiger partial charge is 0.314 e. The van der Waals surface area contributed by atoms with Crippen LogP contribution in [0.25, 0.3) is 0 Å². The number of unbranched alkanes of at least 4 members (excludes halogenated alkanes) is 17. The number of rotatable bonds is 19. The standard InChI is InChI=1S/C26H46O.H3O3P/c1-2-3-4-5-6-7-8-9-10-11-12-13-14-15-16-17-18-19-22-25-23-20-21-24-26(25)27;1-4(2)3/h20-21,23-24,27H,2-19,22H2,1H3;4H,(H2,1,2,3). The number of benzene rings is 1. The molecule has 5 heteroatoms. The summed E-state index contributed by atoms with van der Waals surface area (Å²) in [6, 6.07) is 7.76. The molecular weight excluding hydrogens is 407 g/mol. The molecule has 182 valence electrons. The minimum atomic E-state index is -3.13. The van der Waals surface area contributed by atoms with E-state index in [4.69, 9.17) is 14.4 Å². The Kier molecular flexibility index (Phi) is 23.2. The molecule has 0 aliphatic carbocycles. The van der Waals surface area contributed by atoms with Gasteiger partial charge in [0.2, 0.25) is 0 Å². The first kappa shape index (κ1) is 30.2. The van der Waals surface area contributed by atoms with Crippen molar-refractivity contribution >= 4 is 8.25 Å². The molecule has 31 heavy (non-hydrogen) atoms. The predicted octanol–water partition coefficient (Wildman–Crippen LogP) is 8.34. The molecule has 0 spiro atoms. The summed E-state index contributed by atoms with van der Waals surface area (Å²) in [5, 5.41) is 9.75. The Morgan fingerprint density at radius 2 is 0.935 bits per heavy atom. The molecule has 1 aromatic carbocycles. The zero-order chi connectivity index (χ0) is 23.0. The number of hydrogen-bond donors (Lipinski definition) is 3. The van der Waals surface area contributed by atoms with Crippen LogP contribution in [0.2, 0.25) is 0 Å². The Labute approximate surface area is 192 Å². The highest BCUT2D eigenvalue weighted by atomic mass is 31.1. The van der Waals surface area contributed by atoms with E-state index in [0.29, 0.717) is 5.75 Å². The molecule has 0 saturated carbocycles. The van der Waals surface area contributed by atoms with Crippen molar-refractivity contribution in [2.75, 3.05) is 0 Å². The van der Waals surface area contributed by atoms with Gasteiger partial charge in [0.15, 0.2) is 0 Å². The van der Waals surface area contributed by atoms with Gasteiger partial charge in [0, 0.05) is 0 Å². The minimum absolute atomic E-state index is 0.462. The van der Waals surface area contributed by atoms with Crippen LogP contribution in [0.4, 0.5) is 0 Å². The van der Waals surface area contributed by atoms with Gasteiger partial charge in [0.25, 0.3) is 0 Å². The summed E-state index contributed by atoms with van der Waals surface area (Å²) >= 11 is 0. The zero-order valence-electron chi connectivity index (χ0n) is 20.0. The zero-order valence-corrected chi connectivity index (χ0v) is 21.0. The Hall–Kier alpha value is -0.830. The van der Waals surface area contributed by atoms with Crippen LogP contribution in [-0.4, -0.2) is 14.9 Å². The molecule has 0 aliphatic heterocycles. The maximum Gasteiger partial charge on any atom is 0.314 e. The molecule has 3 N–H and O–H groups in total. The Morgan fingerprint density at radius 1 is 0.613 bits per heavy atom. The van der Waals surface area contributed by atoms with Crippen molar-refractivity contribution in [1.29, 1.82) is 0 Å². The molecule has 0 atom stereocenters. The minimum Gasteiger partial charge on any atom is -0.508 e. The van der Waals surface area contributed by atoms with E-state index in [9.17, 15) is 5.11 Å². The van der Waals surface area contributed by atoms with Crippen molar-refractivity contribution in [3.8, 4) is 5.75 Å². The van der Waals surface area contributed by atoms with Gasteiger partial charge in [-0.3, -0.25) is 4.57 Å². The van der Waals surface area contributed by atoms with Gasteiger partial charge in [-0.05, 0) is 24.5 Å². The average Bonchev–Trinajstić information content (AvgIpc) is 2.73. The number of phenols is 1. The van der Waals surface area contributed by atoms with Crippen LogP contribution in [0.5, 0.6) is 5.75 Å². The van der Waals surface area contributed by atoms with Crippen LogP contribution in [0, 0.1) is 0 Å². The van der Waals surface area contributed by atoms with E-state index in [1.54, 1.807) is 6.07 Å². The second-order valence-electron chi connectivity index (χ2n) is 8.67. The van der Waals surface area contributed by atoms with Crippen molar-refractivity contribution in [1.82, 2.24) is 0 Å². The molecule has 1 aromatic rings. The lowest BCUT2D eigenvalue weighted by atomic mass is 10.0. The average molecular weight is 457 g/mol. The van der Waals surface area contributed by atoms with Crippen molar-refractivity contribution < 1.29 is 19.5 Å². The quantitative estimate of drug-likeness (QED) is 0.144. The number of phenolic OH excluding ortho intramolecular Hbond substituents is 1. The first-order chi connectivity index (χ1) is 15.1. The molecule has 0 radical (unpaired) electrons. The van der Waals surface area contributed by atoms with Crippen LogP contribution in [-0.2, 0) is 11.0 Å². The summed E-state index contributed by atoms with van der Waals surface area (Å²) in [6.45, 7) is 2.29. The Bertz CT molecular complexity index is 518. The molecule has 0 bridgehead atoms. The van der Waals surface area contributed by atoms with Gasteiger partial charge in [-0.2, -0.15) is 0 Å². The third-order valence-corrected chi connectivity index (χ3v) is 5.79. The van der Waals surface area contributed by atoms with Crippen molar-refractivity contribution in [3.63, 3.8) is 0 Å². The topological polar surface area (TPSA) is 77.8 Å². The lowest BCUT2D eigenvalue weighted by molar-refractivity contribution is 0.405. The second-order valence-corrected chi connectivity index (χ2v) is 9.24. The summed E-state index contributed by atoms with van der Waals surface area (Å²) in [7, 11) is -3.13. The lowest BCUT2D eigenvalue weighted by Gasteiger charge is -2.05. The van der Waals surface area contributed by atoms with Gasteiger partial charge in [-0.1, -0.05) is 134 Å². The van der Waals surface area contributed by atoms with Crippen molar-refractivity contribution in [3.05, 3.63) is 29.8 Å². The number of para-hydroxylation sites is 1. The third kappa shape index (κ3) is 23.7. The molecule has 0 fully saturated rings. The summed E-state index contributed by atoms with van der Waals surface area (Å²) < 4.78 is 8.74. The van der Waals surface area contributed by atoms with Crippen LogP contribution in [0.1, 0.15) is 128 Å². The molecule has 0 aromatic heterocycles. The van der Waals surface area contributed by atoms with E-state index in [0.717, 1.165) is 12.0 Å². The number of aryl methyl sites for hydroxylation is 1. The molecule has 0 aliphatic rings. The van der Waals surface area contributed by atoms with E-state index in [2.05, 4.69) is 6.92 Å². The van der Waals surface area contributed by atoms with Gasteiger partial charge in [0.1, 0.15) is 5.75 Å². The van der Waals surface area contributed by atoms with Crippen LogP contribution >= 0.6 is 8.25 Å². The van der Waals surface area contributed by atoms with Crippen molar-refractivity contribution in [2.45, 2.75) is 129 Å². The highest BCUT2D eigenvalue weighted by Crippen LogP contribution is 2.19. The molecular formula is C26H49O4P. The van der Waals surface area contributed by atoms with E-state index in [1.807, 2.05) is 18.2 Å². The highest BCUT2D eigenvalue weighted by molar-refractivity contribution is 7.30. The third-order valence-electron chi connectivity index (χ3n) is 5.79. The Morgan fingerprint density at radius 3 is 1.29 bits per heavy atom. The van der Waals surface area contributed by atoms with Gasteiger partial charge >= 0.3 is 8.25 Å². The monoisotopic (exact) mass is 456 g/mol.